The Labute approximate surface area is 88.2 Å². The molecule has 1 nitrogen and oxygen atoms in total. The molecule has 0 N–H and O–H groups in total. The molecule has 0 unspecified atom stereocenters. The second-order valence-corrected chi connectivity index (χ2v) is 5.84. The minimum Gasteiger partial charge on any atom is -0.375 e. The van der Waals surface area contributed by atoms with Crippen molar-refractivity contribution >= 4 is 15.9 Å². The molecule has 13 heavy (non-hydrogen) atoms. The highest BCUT2D eigenvalue weighted by molar-refractivity contribution is 9.10. The number of ether oxygens (including phenoxy) is 1. The lowest BCUT2D eigenvalue weighted by molar-refractivity contribution is 0.108. The Morgan fingerprint density at radius 2 is 1.85 bits per heavy atom. The molecule has 0 aromatic heterocycles. The van der Waals surface area contributed by atoms with Crippen molar-refractivity contribution in [2.24, 2.45) is 0 Å². The van der Waals surface area contributed by atoms with Crippen molar-refractivity contribution in [3.8, 4) is 0 Å². The zero-order valence-corrected chi connectivity index (χ0v) is 9.67. The standard InChI is InChI=1S/C11H15BrO/c1-11(2,12)9-13-8-10-6-4-3-5-7-10/h3-7H,8-9H2,1-2H3. The molecule has 0 heterocycles. The molecule has 1 aromatic rings. The van der Waals surface area contributed by atoms with Gasteiger partial charge in [0.25, 0.3) is 0 Å². The molecule has 0 saturated carbocycles. The minimum absolute atomic E-state index is 0.0712. The van der Waals surface area contributed by atoms with Gasteiger partial charge in [-0.3, -0.25) is 0 Å². The van der Waals surface area contributed by atoms with E-state index in [0.29, 0.717) is 6.61 Å². The first kappa shape index (κ1) is 10.7. The molecule has 0 bridgehead atoms. The van der Waals surface area contributed by atoms with Crippen LogP contribution in [0.1, 0.15) is 19.4 Å². The van der Waals surface area contributed by atoms with Gasteiger partial charge in [0.1, 0.15) is 0 Å². The second kappa shape index (κ2) is 4.77. The Balaban J connectivity index is 2.29. The lowest BCUT2D eigenvalue weighted by Gasteiger charge is -2.15. The van der Waals surface area contributed by atoms with Crippen molar-refractivity contribution in [3.05, 3.63) is 35.9 Å². The predicted molar refractivity (Wildman–Crippen MR) is 59.1 cm³/mol. The summed E-state index contributed by atoms with van der Waals surface area (Å²) in [5.74, 6) is 0. The van der Waals surface area contributed by atoms with Crippen LogP contribution in [0.2, 0.25) is 0 Å². The van der Waals surface area contributed by atoms with Crippen LogP contribution in [0.5, 0.6) is 0 Å². The quantitative estimate of drug-likeness (QED) is 0.736. The van der Waals surface area contributed by atoms with Gasteiger partial charge in [-0.15, -0.1) is 0 Å². The van der Waals surface area contributed by atoms with Crippen molar-refractivity contribution in [1.29, 1.82) is 0 Å². The highest BCUT2D eigenvalue weighted by Gasteiger charge is 2.11. The molecular formula is C11H15BrO. The first-order valence-electron chi connectivity index (χ1n) is 4.38. The summed E-state index contributed by atoms with van der Waals surface area (Å²) in [6.45, 7) is 5.60. The summed E-state index contributed by atoms with van der Waals surface area (Å²) in [6.07, 6.45) is 0. The van der Waals surface area contributed by atoms with E-state index in [0.717, 1.165) is 6.61 Å². The number of alkyl halides is 1. The molecule has 0 fully saturated rings. The third-order valence-electron chi connectivity index (χ3n) is 1.56. The van der Waals surface area contributed by atoms with E-state index in [2.05, 4.69) is 41.9 Å². The summed E-state index contributed by atoms with van der Waals surface area (Å²) >= 11 is 3.53. The third-order valence-corrected chi connectivity index (χ3v) is 1.79. The van der Waals surface area contributed by atoms with Crippen LogP contribution >= 0.6 is 15.9 Å². The zero-order valence-electron chi connectivity index (χ0n) is 8.09. The van der Waals surface area contributed by atoms with Crippen LogP contribution in [0, 0.1) is 0 Å². The Bertz CT molecular complexity index is 238. The molecule has 0 radical (unpaired) electrons. The maximum absolute atomic E-state index is 5.54. The zero-order chi connectivity index (χ0) is 9.73. The summed E-state index contributed by atoms with van der Waals surface area (Å²) < 4.78 is 5.61. The molecule has 0 spiro atoms. The van der Waals surface area contributed by atoms with E-state index in [1.807, 2.05) is 18.2 Å². The molecular weight excluding hydrogens is 228 g/mol. The maximum Gasteiger partial charge on any atom is 0.0717 e. The molecule has 0 amide bonds. The Kier molecular flexibility index (Phi) is 3.94. The van der Waals surface area contributed by atoms with Crippen LogP contribution < -0.4 is 0 Å². The topological polar surface area (TPSA) is 9.23 Å². The normalized spacial score (nSPS) is 11.6. The Morgan fingerprint density at radius 1 is 1.23 bits per heavy atom. The van der Waals surface area contributed by atoms with Crippen molar-refractivity contribution in [2.75, 3.05) is 6.61 Å². The molecule has 2 heteroatoms. The van der Waals surface area contributed by atoms with Crippen LogP contribution in [-0.4, -0.2) is 10.9 Å². The van der Waals surface area contributed by atoms with Gasteiger partial charge in [0.05, 0.1) is 13.2 Å². The summed E-state index contributed by atoms with van der Waals surface area (Å²) in [6, 6.07) is 10.2. The molecule has 0 aliphatic rings. The summed E-state index contributed by atoms with van der Waals surface area (Å²) in [5.41, 5.74) is 1.22. The fourth-order valence-electron chi connectivity index (χ4n) is 0.986. The van der Waals surface area contributed by atoms with Gasteiger partial charge < -0.3 is 4.74 Å². The average Bonchev–Trinajstić information content (AvgIpc) is 2.04. The van der Waals surface area contributed by atoms with Gasteiger partial charge in [0, 0.05) is 4.32 Å². The predicted octanol–water partition coefficient (Wildman–Crippen LogP) is 3.38. The van der Waals surface area contributed by atoms with Crippen molar-refractivity contribution in [2.45, 2.75) is 24.8 Å². The van der Waals surface area contributed by atoms with Gasteiger partial charge in [-0.1, -0.05) is 46.3 Å². The molecule has 1 rings (SSSR count). The smallest absolute Gasteiger partial charge is 0.0717 e. The fraction of sp³-hybridized carbons (Fsp3) is 0.455. The van der Waals surface area contributed by atoms with Gasteiger partial charge in [-0.05, 0) is 19.4 Å². The van der Waals surface area contributed by atoms with E-state index in [-0.39, 0.29) is 4.32 Å². The SMILES string of the molecule is CC(C)(Br)COCc1ccccc1. The first-order chi connectivity index (χ1) is 6.08. The van der Waals surface area contributed by atoms with Crippen molar-refractivity contribution < 1.29 is 4.74 Å². The Hall–Kier alpha value is -0.340. The summed E-state index contributed by atoms with van der Waals surface area (Å²) in [4.78, 5) is 0. The van der Waals surface area contributed by atoms with Crippen LogP contribution in [-0.2, 0) is 11.3 Å². The fourth-order valence-corrected chi connectivity index (χ4v) is 1.15. The van der Waals surface area contributed by atoms with Gasteiger partial charge in [0.2, 0.25) is 0 Å². The van der Waals surface area contributed by atoms with E-state index in [4.69, 9.17) is 4.74 Å². The maximum atomic E-state index is 5.54. The van der Waals surface area contributed by atoms with Crippen molar-refractivity contribution in [1.82, 2.24) is 0 Å². The molecule has 0 aliphatic heterocycles. The number of halogens is 1. The molecule has 0 aliphatic carbocycles. The molecule has 0 saturated heterocycles. The van der Waals surface area contributed by atoms with Gasteiger partial charge >= 0.3 is 0 Å². The van der Waals surface area contributed by atoms with E-state index in [9.17, 15) is 0 Å². The summed E-state index contributed by atoms with van der Waals surface area (Å²) in [7, 11) is 0. The summed E-state index contributed by atoms with van der Waals surface area (Å²) in [5, 5.41) is 0. The number of rotatable bonds is 4. The average molecular weight is 243 g/mol. The van der Waals surface area contributed by atoms with E-state index in [1.165, 1.54) is 5.56 Å². The van der Waals surface area contributed by atoms with Crippen LogP contribution in [0.25, 0.3) is 0 Å². The van der Waals surface area contributed by atoms with Crippen LogP contribution in [0.3, 0.4) is 0 Å². The lowest BCUT2D eigenvalue weighted by Crippen LogP contribution is -2.18. The van der Waals surface area contributed by atoms with E-state index < -0.39 is 0 Å². The minimum atomic E-state index is 0.0712. The monoisotopic (exact) mass is 242 g/mol. The van der Waals surface area contributed by atoms with E-state index in [1.54, 1.807) is 0 Å². The highest BCUT2D eigenvalue weighted by Crippen LogP contribution is 2.16. The lowest BCUT2D eigenvalue weighted by atomic mass is 10.2. The van der Waals surface area contributed by atoms with Gasteiger partial charge in [-0.2, -0.15) is 0 Å². The molecule has 72 valence electrons. The second-order valence-electron chi connectivity index (χ2n) is 3.70. The van der Waals surface area contributed by atoms with Crippen LogP contribution in [0.4, 0.5) is 0 Å². The van der Waals surface area contributed by atoms with E-state index >= 15 is 0 Å². The number of hydrogen-bond donors (Lipinski definition) is 0. The number of hydrogen-bond acceptors (Lipinski definition) is 1. The highest BCUT2D eigenvalue weighted by atomic mass is 79.9. The molecule has 1 aromatic carbocycles. The largest absolute Gasteiger partial charge is 0.375 e. The number of benzene rings is 1. The van der Waals surface area contributed by atoms with Crippen LogP contribution in [0.15, 0.2) is 30.3 Å². The van der Waals surface area contributed by atoms with Gasteiger partial charge in [0.15, 0.2) is 0 Å². The first-order valence-corrected chi connectivity index (χ1v) is 5.18. The third kappa shape index (κ3) is 5.06. The van der Waals surface area contributed by atoms with Gasteiger partial charge in [-0.25, -0.2) is 0 Å². The Morgan fingerprint density at radius 3 is 2.38 bits per heavy atom. The molecule has 0 atom stereocenters. The van der Waals surface area contributed by atoms with Crippen molar-refractivity contribution in [3.63, 3.8) is 0 Å².